The summed E-state index contributed by atoms with van der Waals surface area (Å²) in [6.07, 6.45) is 1.92. The van der Waals surface area contributed by atoms with E-state index in [9.17, 15) is 19.2 Å². The zero-order valence-corrected chi connectivity index (χ0v) is 22.7. The molecule has 0 fully saturated rings. The zero-order valence-electron chi connectivity index (χ0n) is 22.7. The number of amides is 2. The average molecular weight is 563 g/mol. The molecule has 2 amide bonds. The van der Waals surface area contributed by atoms with Crippen LogP contribution in [0.15, 0.2) is 133 Å². The largest absolute Gasteiger partial charge is 0.460 e. The van der Waals surface area contributed by atoms with Crippen molar-refractivity contribution < 1.29 is 28.7 Å². The van der Waals surface area contributed by atoms with Crippen LogP contribution in [-0.2, 0) is 19.1 Å². The second-order valence-electron chi connectivity index (χ2n) is 9.20. The molecule has 4 aromatic rings. The van der Waals surface area contributed by atoms with Gasteiger partial charge in [-0.15, -0.1) is 0 Å². The third kappa shape index (κ3) is 9.02. The molecule has 0 radical (unpaired) electrons. The molecule has 0 aliphatic carbocycles. The van der Waals surface area contributed by atoms with Crippen molar-refractivity contribution in [3.05, 3.63) is 156 Å². The highest BCUT2D eigenvalue weighted by molar-refractivity contribution is 5.95. The topological polar surface area (TPSA) is 111 Å². The van der Waals surface area contributed by atoms with Crippen LogP contribution in [0.3, 0.4) is 0 Å². The molecule has 0 aromatic heterocycles. The van der Waals surface area contributed by atoms with E-state index in [1.807, 2.05) is 72.8 Å². The van der Waals surface area contributed by atoms with Crippen LogP contribution in [-0.4, -0.2) is 37.0 Å². The highest BCUT2D eigenvalue weighted by atomic mass is 16.5. The van der Waals surface area contributed by atoms with Crippen molar-refractivity contribution in [1.29, 1.82) is 0 Å². The molecule has 0 heterocycles. The van der Waals surface area contributed by atoms with E-state index >= 15 is 0 Å². The maximum atomic E-state index is 12.7. The first-order chi connectivity index (χ1) is 20.5. The van der Waals surface area contributed by atoms with Gasteiger partial charge in [-0.1, -0.05) is 97.1 Å². The van der Waals surface area contributed by atoms with Crippen LogP contribution >= 0.6 is 0 Å². The summed E-state index contributed by atoms with van der Waals surface area (Å²) < 4.78 is 10.7. The summed E-state index contributed by atoms with van der Waals surface area (Å²) in [4.78, 5) is 50.3. The first-order valence-corrected chi connectivity index (χ1v) is 13.3. The molecule has 212 valence electrons. The maximum absolute atomic E-state index is 12.7. The van der Waals surface area contributed by atoms with Gasteiger partial charge in [0.25, 0.3) is 11.8 Å². The molecule has 0 bridgehead atoms. The highest BCUT2D eigenvalue weighted by Crippen LogP contribution is 2.16. The van der Waals surface area contributed by atoms with Gasteiger partial charge in [-0.05, 0) is 35.4 Å². The van der Waals surface area contributed by atoms with Crippen LogP contribution in [0.25, 0.3) is 0 Å². The number of nitrogens with one attached hydrogen (secondary N) is 2. The highest BCUT2D eigenvalue weighted by Gasteiger charge is 2.19. The first-order valence-electron chi connectivity index (χ1n) is 13.3. The second kappa shape index (κ2) is 15.3. The third-order valence-corrected chi connectivity index (χ3v) is 6.23. The predicted octanol–water partition coefficient (Wildman–Crippen LogP) is 4.97. The summed E-state index contributed by atoms with van der Waals surface area (Å²) in [6, 6.07) is 34.4. The Hall–Kier alpha value is -5.50. The molecule has 4 rings (SSSR count). The van der Waals surface area contributed by atoms with Crippen LogP contribution in [0.4, 0.5) is 0 Å². The van der Waals surface area contributed by atoms with Crippen molar-refractivity contribution in [2.24, 2.45) is 0 Å². The molecule has 0 saturated heterocycles. The smallest absolute Gasteiger partial charge is 0.331 e. The van der Waals surface area contributed by atoms with Crippen LogP contribution in [0.5, 0.6) is 0 Å². The van der Waals surface area contributed by atoms with Crippen LogP contribution in [0.2, 0.25) is 0 Å². The molecule has 0 aliphatic rings. The molecule has 2 atom stereocenters. The number of hydrogen-bond donors (Lipinski definition) is 2. The molecular formula is C34H30N2O6. The Bertz CT molecular complexity index is 1380. The van der Waals surface area contributed by atoms with Crippen molar-refractivity contribution in [3.8, 4) is 0 Å². The lowest BCUT2D eigenvalue weighted by Gasteiger charge is -2.19. The molecule has 4 aromatic carbocycles. The SMILES string of the molecule is O=C(/C=C/C(=O)OC[C@H](NC(=O)c1ccccc1)c1ccccc1)OC[C@H](NC(=O)c1ccccc1)c1ccccc1. The summed E-state index contributed by atoms with van der Waals surface area (Å²) in [6.45, 7) is -0.301. The Morgan fingerprint density at radius 1 is 0.500 bits per heavy atom. The van der Waals surface area contributed by atoms with Gasteiger partial charge in [-0.25, -0.2) is 9.59 Å². The van der Waals surface area contributed by atoms with Gasteiger partial charge >= 0.3 is 11.9 Å². The average Bonchev–Trinajstić information content (AvgIpc) is 3.05. The van der Waals surface area contributed by atoms with E-state index in [0.717, 1.165) is 23.3 Å². The second-order valence-corrected chi connectivity index (χ2v) is 9.20. The van der Waals surface area contributed by atoms with Gasteiger partial charge < -0.3 is 20.1 Å². The number of ether oxygens (including phenoxy) is 2. The number of rotatable bonds is 12. The van der Waals surface area contributed by atoms with Crippen LogP contribution in [0, 0.1) is 0 Å². The quantitative estimate of drug-likeness (QED) is 0.186. The van der Waals surface area contributed by atoms with Crippen LogP contribution < -0.4 is 10.6 Å². The van der Waals surface area contributed by atoms with Gasteiger partial charge in [0, 0.05) is 23.3 Å². The minimum atomic E-state index is -0.779. The van der Waals surface area contributed by atoms with Gasteiger partial charge in [-0.3, -0.25) is 9.59 Å². The Labute approximate surface area is 244 Å². The molecule has 0 spiro atoms. The van der Waals surface area contributed by atoms with Gasteiger partial charge in [0.1, 0.15) is 13.2 Å². The van der Waals surface area contributed by atoms with Gasteiger partial charge in [0.2, 0.25) is 0 Å². The standard InChI is InChI=1S/C34H30N2O6/c37-31(41-23-29(25-13-5-1-6-14-25)35-33(39)27-17-9-3-10-18-27)21-22-32(38)42-24-30(26-15-7-2-8-16-26)36-34(40)28-19-11-4-12-20-28/h1-22,29-30H,23-24H2,(H,35,39)(H,36,40)/b22-21+/t29-,30-/m0/s1. The molecule has 0 aliphatic heterocycles. The Kier molecular flexibility index (Phi) is 10.8. The number of hydrogen-bond acceptors (Lipinski definition) is 6. The van der Waals surface area contributed by atoms with Gasteiger partial charge in [0.15, 0.2) is 0 Å². The normalized spacial score (nSPS) is 12.1. The number of benzene rings is 4. The van der Waals surface area contributed by atoms with E-state index in [-0.39, 0.29) is 25.0 Å². The molecule has 8 nitrogen and oxygen atoms in total. The van der Waals surface area contributed by atoms with Crippen molar-refractivity contribution >= 4 is 23.8 Å². The minimum absolute atomic E-state index is 0.150. The first kappa shape index (κ1) is 29.5. The van der Waals surface area contributed by atoms with E-state index in [2.05, 4.69) is 10.6 Å². The molecule has 2 N–H and O–H groups in total. The van der Waals surface area contributed by atoms with Crippen molar-refractivity contribution in [3.63, 3.8) is 0 Å². The van der Waals surface area contributed by atoms with E-state index in [1.54, 1.807) is 48.5 Å². The molecule has 8 heteroatoms. The van der Waals surface area contributed by atoms with E-state index < -0.39 is 24.0 Å². The maximum Gasteiger partial charge on any atom is 0.331 e. The van der Waals surface area contributed by atoms with E-state index in [4.69, 9.17) is 9.47 Å². The zero-order chi connectivity index (χ0) is 29.6. The Morgan fingerprint density at radius 3 is 1.14 bits per heavy atom. The summed E-state index contributed by atoms with van der Waals surface area (Å²) in [7, 11) is 0. The van der Waals surface area contributed by atoms with Crippen molar-refractivity contribution in [2.75, 3.05) is 13.2 Å². The van der Waals surface area contributed by atoms with Gasteiger partial charge in [-0.2, -0.15) is 0 Å². The third-order valence-electron chi connectivity index (χ3n) is 6.23. The number of carbonyl (C=O) groups is 4. The number of esters is 2. The molecule has 42 heavy (non-hydrogen) atoms. The number of carbonyl (C=O) groups excluding carboxylic acids is 4. The Morgan fingerprint density at radius 2 is 0.810 bits per heavy atom. The van der Waals surface area contributed by atoms with E-state index in [1.165, 1.54) is 0 Å². The lowest BCUT2D eigenvalue weighted by Crippen LogP contribution is -2.32. The van der Waals surface area contributed by atoms with Crippen molar-refractivity contribution in [2.45, 2.75) is 12.1 Å². The van der Waals surface area contributed by atoms with E-state index in [0.29, 0.717) is 11.1 Å². The lowest BCUT2D eigenvalue weighted by molar-refractivity contribution is -0.141. The monoisotopic (exact) mass is 562 g/mol. The summed E-state index contributed by atoms with van der Waals surface area (Å²) in [5, 5.41) is 5.76. The minimum Gasteiger partial charge on any atom is -0.460 e. The molecule has 0 unspecified atom stereocenters. The fourth-order valence-electron chi connectivity index (χ4n) is 4.04. The Balaban J connectivity index is 1.32. The van der Waals surface area contributed by atoms with Crippen LogP contribution in [0.1, 0.15) is 43.9 Å². The fraction of sp³-hybridized carbons (Fsp3) is 0.118. The predicted molar refractivity (Wildman–Crippen MR) is 157 cm³/mol. The summed E-state index contributed by atoms with van der Waals surface area (Å²) >= 11 is 0. The van der Waals surface area contributed by atoms with Crippen molar-refractivity contribution in [1.82, 2.24) is 10.6 Å². The summed E-state index contributed by atoms with van der Waals surface area (Å²) in [5.41, 5.74) is 2.45. The van der Waals surface area contributed by atoms with Gasteiger partial charge in [0.05, 0.1) is 12.1 Å². The molecule has 0 saturated carbocycles. The lowest BCUT2D eigenvalue weighted by atomic mass is 10.1. The molecular weight excluding hydrogens is 532 g/mol. The fourth-order valence-corrected chi connectivity index (χ4v) is 4.04. The summed E-state index contributed by atoms with van der Waals surface area (Å²) in [5.74, 6) is -2.18.